The van der Waals surface area contributed by atoms with Gasteiger partial charge < -0.3 is 19.5 Å². The first kappa shape index (κ1) is 29.5. The third kappa shape index (κ3) is 7.63. The lowest BCUT2D eigenvalue weighted by molar-refractivity contribution is -0.141. The Balaban J connectivity index is 1.33. The number of anilines is 1. The van der Waals surface area contributed by atoms with Crippen LogP contribution in [0.5, 0.6) is 11.5 Å². The van der Waals surface area contributed by atoms with Gasteiger partial charge in [0.25, 0.3) is 0 Å². The van der Waals surface area contributed by atoms with Crippen LogP contribution in [0.4, 0.5) is 5.69 Å². The molecule has 1 fully saturated rings. The van der Waals surface area contributed by atoms with Crippen molar-refractivity contribution in [2.75, 3.05) is 31.6 Å². The Bertz CT molecular complexity index is 1430. The molecule has 1 aromatic heterocycles. The van der Waals surface area contributed by atoms with Gasteiger partial charge in [-0.2, -0.15) is 5.10 Å². The summed E-state index contributed by atoms with van der Waals surface area (Å²) in [6.45, 7) is 4.50. The quantitative estimate of drug-likeness (QED) is 0.155. The van der Waals surface area contributed by atoms with E-state index in [1.165, 1.54) is 18.2 Å². The van der Waals surface area contributed by atoms with Gasteiger partial charge in [-0.05, 0) is 60.4 Å². The molecule has 9 heteroatoms. The van der Waals surface area contributed by atoms with Crippen molar-refractivity contribution >= 4 is 23.3 Å². The summed E-state index contributed by atoms with van der Waals surface area (Å²) in [4.78, 5) is 14.6. The van der Waals surface area contributed by atoms with Crippen molar-refractivity contribution in [3.05, 3.63) is 102 Å². The summed E-state index contributed by atoms with van der Waals surface area (Å²) in [5, 5.41) is 7.94. The molecule has 8 nitrogen and oxygen atoms in total. The van der Waals surface area contributed by atoms with E-state index in [4.69, 9.17) is 25.8 Å². The molecular weight excluding hydrogens is 552 g/mol. The van der Waals surface area contributed by atoms with Gasteiger partial charge in [-0.25, -0.2) is 9.48 Å². The molecule has 4 aromatic rings. The predicted octanol–water partition coefficient (Wildman–Crippen LogP) is 6.25. The van der Waals surface area contributed by atoms with Gasteiger partial charge >= 0.3 is 5.97 Å². The predicted molar refractivity (Wildman–Crippen MR) is 165 cm³/mol. The molecule has 220 valence electrons. The lowest BCUT2D eigenvalue weighted by atomic mass is 9.90. The van der Waals surface area contributed by atoms with Crippen LogP contribution in [-0.4, -0.2) is 59.1 Å². The minimum atomic E-state index is -0.411. The van der Waals surface area contributed by atoms with Gasteiger partial charge in [-0.1, -0.05) is 54.9 Å². The van der Waals surface area contributed by atoms with E-state index in [0.29, 0.717) is 6.42 Å². The van der Waals surface area contributed by atoms with Crippen LogP contribution in [0.3, 0.4) is 0 Å². The van der Waals surface area contributed by atoms with Crippen LogP contribution in [0.2, 0.25) is 0 Å². The molecule has 0 aliphatic carbocycles. The number of aromatic nitrogens is 2. The topological polar surface area (TPSA) is 77.9 Å². The maximum Gasteiger partial charge on any atom is 0.328 e. The average Bonchev–Trinajstić information content (AvgIpc) is 3.51. The zero-order valence-electron chi connectivity index (χ0n) is 24.0. The SMILES string of the molecule is CCC(Nc1cccc(OC2CC(c3cnn(-c4ccc(OCCl)cc4)c3)CN(Cc3ccccc3)C2)c1)C(=O)OC. The molecule has 3 unspecified atom stereocenters. The Morgan fingerprint density at radius 3 is 2.60 bits per heavy atom. The summed E-state index contributed by atoms with van der Waals surface area (Å²) >= 11 is 5.68. The van der Waals surface area contributed by atoms with Gasteiger partial charge in [-0.15, -0.1) is 0 Å². The number of nitrogens with zero attached hydrogens (tertiary/aromatic N) is 3. The third-order valence-electron chi connectivity index (χ3n) is 7.50. The maximum atomic E-state index is 12.1. The number of piperidine rings is 1. The van der Waals surface area contributed by atoms with Crippen LogP contribution >= 0.6 is 11.6 Å². The molecule has 3 aromatic carbocycles. The molecule has 0 saturated carbocycles. The van der Waals surface area contributed by atoms with Crippen LogP contribution in [0, 0.1) is 0 Å². The lowest BCUT2D eigenvalue weighted by Gasteiger charge is -2.37. The Kier molecular flexibility index (Phi) is 10.0. The van der Waals surface area contributed by atoms with Crippen LogP contribution in [0.25, 0.3) is 5.69 Å². The molecule has 1 saturated heterocycles. The second kappa shape index (κ2) is 14.2. The first-order valence-electron chi connectivity index (χ1n) is 14.3. The highest BCUT2D eigenvalue weighted by molar-refractivity contribution is 6.17. The lowest BCUT2D eigenvalue weighted by Crippen LogP contribution is -2.44. The molecule has 0 spiro atoms. The second-order valence-electron chi connectivity index (χ2n) is 10.5. The Morgan fingerprint density at radius 2 is 1.86 bits per heavy atom. The number of esters is 1. The summed E-state index contributed by atoms with van der Waals surface area (Å²) < 4.78 is 18.8. The van der Waals surface area contributed by atoms with Crippen LogP contribution < -0.4 is 14.8 Å². The number of carbonyl (C=O) groups is 1. The maximum absolute atomic E-state index is 12.1. The molecule has 42 heavy (non-hydrogen) atoms. The van der Waals surface area contributed by atoms with E-state index in [9.17, 15) is 4.79 Å². The van der Waals surface area contributed by atoms with Crippen molar-refractivity contribution in [2.45, 2.75) is 44.4 Å². The number of ether oxygens (including phenoxy) is 3. The minimum absolute atomic E-state index is 0.0272. The standard InChI is InChI=1S/C33H37ClN4O4/c1-3-32(33(39)40-2)36-27-10-7-11-30(17-27)42-31-16-25(20-37(22-31)19-24-8-5-4-6-9-24)26-18-35-38(21-26)28-12-14-29(15-13-28)41-23-34/h4-15,17-18,21,25,31-32,36H,3,16,19-20,22-23H2,1-2H3. The first-order chi connectivity index (χ1) is 20.5. The summed E-state index contributed by atoms with van der Waals surface area (Å²) in [5.41, 5.74) is 4.21. The Morgan fingerprint density at radius 1 is 1.05 bits per heavy atom. The van der Waals surface area contributed by atoms with E-state index in [-0.39, 0.29) is 24.1 Å². The number of hydrogen-bond acceptors (Lipinski definition) is 7. The van der Waals surface area contributed by atoms with E-state index in [0.717, 1.165) is 48.9 Å². The van der Waals surface area contributed by atoms with Crippen molar-refractivity contribution in [2.24, 2.45) is 0 Å². The van der Waals surface area contributed by atoms with E-state index < -0.39 is 6.04 Å². The van der Waals surface area contributed by atoms with Crippen molar-refractivity contribution in [1.29, 1.82) is 0 Å². The highest BCUT2D eigenvalue weighted by atomic mass is 35.5. The fraction of sp³-hybridized carbons (Fsp3) is 0.333. The van der Waals surface area contributed by atoms with Crippen LogP contribution in [-0.2, 0) is 16.1 Å². The number of carbonyl (C=O) groups excluding carboxylic acids is 1. The normalized spacial score (nSPS) is 17.8. The average molecular weight is 589 g/mol. The largest absolute Gasteiger partial charge is 0.489 e. The first-order valence-corrected chi connectivity index (χ1v) is 14.8. The number of likely N-dealkylation sites (tertiary alicyclic amines) is 1. The summed E-state index contributed by atoms with van der Waals surface area (Å²) in [7, 11) is 1.41. The van der Waals surface area contributed by atoms with Crippen LogP contribution in [0.1, 0.15) is 36.8 Å². The van der Waals surface area contributed by atoms with E-state index in [2.05, 4.69) is 45.8 Å². The van der Waals surface area contributed by atoms with E-state index >= 15 is 0 Å². The highest BCUT2D eigenvalue weighted by Crippen LogP contribution is 2.31. The highest BCUT2D eigenvalue weighted by Gasteiger charge is 2.30. The number of methoxy groups -OCH3 is 1. The van der Waals surface area contributed by atoms with Gasteiger partial charge in [-0.3, -0.25) is 4.90 Å². The molecule has 3 atom stereocenters. The molecule has 1 aliphatic rings. The fourth-order valence-corrected chi connectivity index (χ4v) is 5.53. The molecule has 0 amide bonds. The van der Waals surface area contributed by atoms with Crippen LogP contribution in [0.15, 0.2) is 91.3 Å². The van der Waals surface area contributed by atoms with Gasteiger partial charge in [0.05, 0.1) is 19.0 Å². The van der Waals surface area contributed by atoms with Crippen molar-refractivity contribution < 1.29 is 19.0 Å². The molecular formula is C33H37ClN4O4. The van der Waals surface area contributed by atoms with Gasteiger partial charge in [0.2, 0.25) is 0 Å². The van der Waals surface area contributed by atoms with E-state index in [1.54, 1.807) is 0 Å². The molecule has 0 bridgehead atoms. The Hall–Kier alpha value is -4.01. The molecule has 2 heterocycles. The summed E-state index contributed by atoms with van der Waals surface area (Å²) in [6.07, 6.45) is 5.51. The molecule has 0 radical (unpaired) electrons. The van der Waals surface area contributed by atoms with Gasteiger partial charge in [0.15, 0.2) is 6.07 Å². The minimum Gasteiger partial charge on any atom is -0.489 e. The van der Waals surface area contributed by atoms with Crippen molar-refractivity contribution in [3.8, 4) is 17.2 Å². The number of rotatable bonds is 12. The smallest absolute Gasteiger partial charge is 0.328 e. The third-order valence-corrected chi connectivity index (χ3v) is 7.61. The molecule has 1 aliphatic heterocycles. The second-order valence-corrected chi connectivity index (χ2v) is 10.7. The zero-order valence-corrected chi connectivity index (χ0v) is 24.7. The number of hydrogen-bond donors (Lipinski definition) is 1. The summed E-state index contributed by atoms with van der Waals surface area (Å²) in [5.74, 6) is 1.44. The van der Waals surface area contributed by atoms with Gasteiger partial charge in [0, 0.05) is 43.5 Å². The van der Waals surface area contributed by atoms with Crippen molar-refractivity contribution in [1.82, 2.24) is 14.7 Å². The zero-order chi connectivity index (χ0) is 29.3. The number of halogens is 1. The summed E-state index contributed by atoms with van der Waals surface area (Å²) in [6, 6.07) is 25.7. The number of nitrogens with one attached hydrogen (secondary N) is 1. The van der Waals surface area contributed by atoms with E-state index in [1.807, 2.05) is 72.4 Å². The monoisotopic (exact) mass is 588 g/mol. The van der Waals surface area contributed by atoms with Gasteiger partial charge in [0.1, 0.15) is 23.6 Å². The number of alkyl halides is 1. The molecule has 5 rings (SSSR count). The molecule has 1 N–H and O–H groups in total. The van der Waals surface area contributed by atoms with Crippen molar-refractivity contribution in [3.63, 3.8) is 0 Å². The fourth-order valence-electron chi connectivity index (χ4n) is 5.41. The number of benzene rings is 3. The Labute approximate surface area is 252 Å².